The zero-order valence-electron chi connectivity index (χ0n) is 12.1. The predicted molar refractivity (Wildman–Crippen MR) is 79.4 cm³/mol. The maximum Gasteiger partial charge on any atom is 0.138 e. The van der Waals surface area contributed by atoms with Gasteiger partial charge >= 0.3 is 0 Å². The number of ether oxygens (including phenoxy) is 1. The van der Waals surface area contributed by atoms with Crippen molar-refractivity contribution in [3.05, 3.63) is 30.4 Å². The highest BCUT2D eigenvalue weighted by molar-refractivity contribution is 5.62. The van der Waals surface area contributed by atoms with E-state index in [2.05, 4.69) is 21.9 Å². The zero-order valence-corrected chi connectivity index (χ0v) is 12.1. The molecule has 0 amide bonds. The van der Waals surface area contributed by atoms with Gasteiger partial charge in [0.05, 0.1) is 18.0 Å². The minimum Gasteiger partial charge on any atom is -0.489 e. The molecule has 0 atom stereocenters. The SMILES string of the molecule is CCCc1nc(N)cc(-c2cncc(OC(C)C)c2)n1. The van der Waals surface area contributed by atoms with Gasteiger partial charge in [-0.3, -0.25) is 4.98 Å². The Morgan fingerprint density at radius 1 is 1.20 bits per heavy atom. The third kappa shape index (κ3) is 3.66. The van der Waals surface area contributed by atoms with E-state index in [1.54, 1.807) is 18.5 Å². The summed E-state index contributed by atoms with van der Waals surface area (Å²) in [5.74, 6) is 1.97. The van der Waals surface area contributed by atoms with Crippen molar-refractivity contribution in [2.75, 3.05) is 5.73 Å². The van der Waals surface area contributed by atoms with Crippen LogP contribution in [0.2, 0.25) is 0 Å². The molecule has 2 aromatic heterocycles. The molecule has 0 saturated heterocycles. The summed E-state index contributed by atoms with van der Waals surface area (Å²) in [6.45, 7) is 6.05. The summed E-state index contributed by atoms with van der Waals surface area (Å²) >= 11 is 0. The van der Waals surface area contributed by atoms with Gasteiger partial charge in [-0.1, -0.05) is 6.92 Å². The van der Waals surface area contributed by atoms with Crippen molar-refractivity contribution in [1.29, 1.82) is 0 Å². The van der Waals surface area contributed by atoms with E-state index in [-0.39, 0.29) is 6.10 Å². The molecule has 0 bridgehead atoms. The molecule has 0 aliphatic carbocycles. The fraction of sp³-hybridized carbons (Fsp3) is 0.400. The second kappa shape index (κ2) is 6.32. The Morgan fingerprint density at radius 3 is 2.70 bits per heavy atom. The number of hydrogen-bond donors (Lipinski definition) is 1. The van der Waals surface area contributed by atoms with Crippen LogP contribution in [0.25, 0.3) is 11.3 Å². The van der Waals surface area contributed by atoms with Crippen molar-refractivity contribution in [2.24, 2.45) is 0 Å². The van der Waals surface area contributed by atoms with Gasteiger partial charge < -0.3 is 10.5 Å². The highest BCUT2D eigenvalue weighted by Gasteiger charge is 2.07. The van der Waals surface area contributed by atoms with Crippen molar-refractivity contribution in [3.8, 4) is 17.0 Å². The summed E-state index contributed by atoms with van der Waals surface area (Å²) in [5.41, 5.74) is 7.51. The van der Waals surface area contributed by atoms with E-state index in [9.17, 15) is 0 Å². The van der Waals surface area contributed by atoms with Crippen LogP contribution in [-0.4, -0.2) is 21.1 Å². The topological polar surface area (TPSA) is 73.9 Å². The van der Waals surface area contributed by atoms with E-state index in [0.29, 0.717) is 5.82 Å². The van der Waals surface area contributed by atoms with Crippen molar-refractivity contribution >= 4 is 5.82 Å². The molecule has 20 heavy (non-hydrogen) atoms. The highest BCUT2D eigenvalue weighted by Crippen LogP contribution is 2.23. The Kier molecular flexibility index (Phi) is 4.50. The molecule has 2 heterocycles. The molecule has 0 aromatic carbocycles. The van der Waals surface area contributed by atoms with Gasteiger partial charge in [0, 0.05) is 24.2 Å². The van der Waals surface area contributed by atoms with E-state index in [1.165, 1.54) is 0 Å². The average Bonchev–Trinajstić information content (AvgIpc) is 2.38. The summed E-state index contributed by atoms with van der Waals surface area (Å²) in [6, 6.07) is 3.68. The molecule has 2 aromatic rings. The number of pyridine rings is 1. The summed E-state index contributed by atoms with van der Waals surface area (Å²) in [5, 5.41) is 0. The second-order valence-electron chi connectivity index (χ2n) is 4.92. The van der Waals surface area contributed by atoms with Crippen LogP contribution in [0.1, 0.15) is 33.0 Å². The van der Waals surface area contributed by atoms with Gasteiger partial charge in [0.2, 0.25) is 0 Å². The van der Waals surface area contributed by atoms with Crippen molar-refractivity contribution in [2.45, 2.75) is 39.7 Å². The molecule has 5 nitrogen and oxygen atoms in total. The first-order valence-corrected chi connectivity index (χ1v) is 6.84. The lowest BCUT2D eigenvalue weighted by molar-refractivity contribution is 0.241. The van der Waals surface area contributed by atoms with Crippen LogP contribution in [-0.2, 0) is 6.42 Å². The number of anilines is 1. The smallest absolute Gasteiger partial charge is 0.138 e. The molecule has 106 valence electrons. The molecule has 0 radical (unpaired) electrons. The summed E-state index contributed by atoms with van der Waals surface area (Å²) in [6.07, 6.45) is 5.36. The first kappa shape index (κ1) is 14.2. The number of rotatable bonds is 5. The van der Waals surface area contributed by atoms with E-state index in [4.69, 9.17) is 10.5 Å². The normalized spacial score (nSPS) is 10.8. The van der Waals surface area contributed by atoms with E-state index >= 15 is 0 Å². The standard InChI is InChI=1S/C15H20N4O/c1-4-5-15-18-13(7-14(16)19-15)11-6-12(9-17-8-11)20-10(2)3/h6-10H,4-5H2,1-3H3,(H2,16,18,19). The molecule has 0 aliphatic heterocycles. The van der Waals surface area contributed by atoms with Gasteiger partial charge in [-0.2, -0.15) is 0 Å². The number of aryl methyl sites for hydroxylation is 1. The number of nitrogen functional groups attached to an aromatic ring is 1. The Hall–Kier alpha value is -2.17. The lowest BCUT2D eigenvalue weighted by atomic mass is 10.2. The third-order valence-electron chi connectivity index (χ3n) is 2.65. The first-order valence-electron chi connectivity index (χ1n) is 6.84. The third-order valence-corrected chi connectivity index (χ3v) is 2.65. The Bertz CT molecular complexity index is 584. The van der Waals surface area contributed by atoms with Crippen LogP contribution < -0.4 is 10.5 Å². The fourth-order valence-electron chi connectivity index (χ4n) is 1.90. The highest BCUT2D eigenvalue weighted by atomic mass is 16.5. The van der Waals surface area contributed by atoms with Crippen molar-refractivity contribution < 1.29 is 4.74 Å². The molecule has 0 spiro atoms. The predicted octanol–water partition coefficient (Wildman–Crippen LogP) is 2.86. The molecule has 0 aliphatic rings. The summed E-state index contributed by atoms with van der Waals surface area (Å²) in [4.78, 5) is 13.0. The largest absolute Gasteiger partial charge is 0.489 e. The van der Waals surface area contributed by atoms with E-state index in [1.807, 2.05) is 19.9 Å². The maximum atomic E-state index is 5.84. The fourth-order valence-corrected chi connectivity index (χ4v) is 1.90. The monoisotopic (exact) mass is 272 g/mol. The van der Waals surface area contributed by atoms with Crippen LogP contribution in [0.3, 0.4) is 0 Å². The molecule has 0 fully saturated rings. The Balaban J connectivity index is 2.35. The van der Waals surface area contributed by atoms with Crippen molar-refractivity contribution in [1.82, 2.24) is 15.0 Å². The van der Waals surface area contributed by atoms with E-state index in [0.717, 1.165) is 35.7 Å². The molecular formula is C15H20N4O. The average molecular weight is 272 g/mol. The van der Waals surface area contributed by atoms with Gasteiger partial charge in [0.25, 0.3) is 0 Å². The molecule has 0 unspecified atom stereocenters. The molecule has 2 N–H and O–H groups in total. The Morgan fingerprint density at radius 2 is 2.00 bits per heavy atom. The van der Waals surface area contributed by atoms with Gasteiger partial charge in [-0.25, -0.2) is 9.97 Å². The quantitative estimate of drug-likeness (QED) is 0.906. The molecular weight excluding hydrogens is 252 g/mol. The molecule has 5 heteroatoms. The number of hydrogen-bond acceptors (Lipinski definition) is 5. The second-order valence-corrected chi connectivity index (χ2v) is 4.92. The van der Waals surface area contributed by atoms with Crippen LogP contribution in [0.15, 0.2) is 24.5 Å². The lowest BCUT2D eigenvalue weighted by Gasteiger charge is -2.10. The minimum atomic E-state index is 0.109. The van der Waals surface area contributed by atoms with Gasteiger partial charge in [0.15, 0.2) is 0 Å². The van der Waals surface area contributed by atoms with Crippen LogP contribution in [0, 0.1) is 0 Å². The summed E-state index contributed by atoms with van der Waals surface area (Å²) < 4.78 is 5.65. The zero-order chi connectivity index (χ0) is 14.5. The lowest BCUT2D eigenvalue weighted by Crippen LogP contribution is -2.06. The molecule has 2 rings (SSSR count). The van der Waals surface area contributed by atoms with Gasteiger partial charge in [-0.05, 0) is 26.3 Å². The van der Waals surface area contributed by atoms with Crippen LogP contribution in [0.5, 0.6) is 5.75 Å². The number of nitrogens with zero attached hydrogens (tertiary/aromatic N) is 3. The summed E-state index contributed by atoms with van der Waals surface area (Å²) in [7, 11) is 0. The molecule has 0 saturated carbocycles. The number of aromatic nitrogens is 3. The first-order chi connectivity index (χ1) is 9.58. The Labute approximate surface area is 119 Å². The maximum absolute atomic E-state index is 5.84. The van der Waals surface area contributed by atoms with Crippen molar-refractivity contribution in [3.63, 3.8) is 0 Å². The van der Waals surface area contributed by atoms with Crippen LogP contribution in [0.4, 0.5) is 5.82 Å². The number of nitrogens with two attached hydrogens (primary N) is 1. The van der Waals surface area contributed by atoms with Gasteiger partial charge in [-0.15, -0.1) is 0 Å². The minimum absolute atomic E-state index is 0.109. The van der Waals surface area contributed by atoms with Gasteiger partial charge in [0.1, 0.15) is 17.4 Å². The van der Waals surface area contributed by atoms with Crippen LogP contribution >= 0.6 is 0 Å². The van der Waals surface area contributed by atoms with E-state index < -0.39 is 0 Å².